The van der Waals surface area contributed by atoms with Crippen LogP contribution in [0, 0.1) is 0 Å². The molecule has 0 bridgehead atoms. The maximum atomic E-state index is 12.6. The van der Waals surface area contributed by atoms with Gasteiger partial charge in [0.1, 0.15) is 0 Å². The van der Waals surface area contributed by atoms with Crippen molar-refractivity contribution in [3.63, 3.8) is 0 Å². The number of carbonyl (C=O) groups is 1. The zero-order valence-electron chi connectivity index (χ0n) is 17.9. The van der Waals surface area contributed by atoms with Crippen LogP contribution in [0.5, 0.6) is 11.5 Å². The first-order chi connectivity index (χ1) is 14.2. The largest absolute Gasteiger partial charge is 0.490 e. The number of ether oxygens (including phenoxy) is 2. The molecule has 2 aromatic carbocycles. The van der Waals surface area contributed by atoms with Gasteiger partial charge in [-0.1, -0.05) is 36.4 Å². The fourth-order valence-corrected chi connectivity index (χ4v) is 3.68. The van der Waals surface area contributed by atoms with Gasteiger partial charge in [0.05, 0.1) is 32.1 Å². The second-order valence-corrected chi connectivity index (χ2v) is 8.86. The Balaban J connectivity index is 2.08. The molecule has 1 N–H and O–H groups in total. The summed E-state index contributed by atoms with van der Waals surface area (Å²) in [7, 11) is -3.55. The highest BCUT2D eigenvalue weighted by Crippen LogP contribution is 2.30. The van der Waals surface area contributed by atoms with Gasteiger partial charge < -0.3 is 14.8 Å². The van der Waals surface area contributed by atoms with Crippen molar-refractivity contribution in [1.29, 1.82) is 0 Å². The first kappa shape index (κ1) is 23.7. The van der Waals surface area contributed by atoms with Gasteiger partial charge in [0.15, 0.2) is 11.5 Å². The summed E-state index contributed by atoms with van der Waals surface area (Å²) < 4.78 is 36.7. The normalized spacial score (nSPS) is 12.4. The molecule has 0 aromatic heterocycles. The van der Waals surface area contributed by atoms with Crippen molar-refractivity contribution < 1.29 is 22.7 Å². The molecule has 0 radical (unpaired) electrons. The second-order valence-electron chi connectivity index (χ2n) is 6.88. The molecule has 0 heterocycles. The molecular weight excluding hydrogens is 404 g/mol. The van der Waals surface area contributed by atoms with E-state index in [1.54, 1.807) is 0 Å². The number of rotatable bonds is 11. The lowest BCUT2D eigenvalue weighted by atomic mass is 10.1. The summed E-state index contributed by atoms with van der Waals surface area (Å²) in [6.45, 7) is 6.52. The zero-order chi connectivity index (χ0) is 22.1. The summed E-state index contributed by atoms with van der Waals surface area (Å²) in [6.07, 6.45) is 1.10. The maximum absolute atomic E-state index is 12.6. The van der Waals surface area contributed by atoms with Crippen LogP contribution in [0.1, 0.15) is 37.9 Å². The minimum absolute atomic E-state index is 0.138. The molecule has 0 aliphatic carbocycles. The number of nitrogens with zero attached hydrogens (tertiary/aromatic N) is 1. The number of nitrogens with one attached hydrogen (secondary N) is 1. The number of hydrogen-bond acceptors (Lipinski definition) is 5. The summed E-state index contributed by atoms with van der Waals surface area (Å²) in [6, 6.07) is 14.3. The van der Waals surface area contributed by atoms with E-state index in [9.17, 15) is 13.2 Å². The molecule has 2 aromatic rings. The highest BCUT2D eigenvalue weighted by atomic mass is 32.2. The van der Waals surface area contributed by atoms with Gasteiger partial charge in [-0.25, -0.2) is 8.42 Å². The maximum Gasteiger partial charge on any atom is 0.235 e. The van der Waals surface area contributed by atoms with Crippen LogP contribution in [0.25, 0.3) is 0 Å². The first-order valence-corrected chi connectivity index (χ1v) is 11.8. The lowest BCUT2D eigenvalue weighted by molar-refractivity contribution is -0.122. The van der Waals surface area contributed by atoms with E-state index in [0.29, 0.717) is 24.7 Å². The monoisotopic (exact) mass is 434 g/mol. The van der Waals surface area contributed by atoms with Gasteiger partial charge in [0.25, 0.3) is 0 Å². The zero-order valence-corrected chi connectivity index (χ0v) is 18.7. The van der Waals surface area contributed by atoms with Gasteiger partial charge in [-0.2, -0.15) is 4.31 Å². The Morgan fingerprint density at radius 1 is 1.03 bits per heavy atom. The Labute approximate surface area is 179 Å². The van der Waals surface area contributed by atoms with Crippen molar-refractivity contribution in [1.82, 2.24) is 9.62 Å². The van der Waals surface area contributed by atoms with Crippen molar-refractivity contribution in [3.8, 4) is 11.5 Å². The highest BCUT2D eigenvalue weighted by molar-refractivity contribution is 7.88. The molecule has 0 saturated heterocycles. The predicted octanol–water partition coefficient (Wildman–Crippen LogP) is 3.12. The highest BCUT2D eigenvalue weighted by Gasteiger charge is 2.22. The molecule has 1 atom stereocenters. The average Bonchev–Trinajstić information content (AvgIpc) is 2.69. The molecule has 0 spiro atoms. The quantitative estimate of drug-likeness (QED) is 0.587. The second kappa shape index (κ2) is 11.0. The SMILES string of the molecule is CCOc1ccc([C@H](C)NC(=O)CN(Cc2ccccc2)S(C)(=O)=O)cc1OCC. The Hall–Kier alpha value is -2.58. The number of hydrogen-bond donors (Lipinski definition) is 1. The summed E-state index contributed by atoms with van der Waals surface area (Å²) in [5.41, 5.74) is 1.65. The summed E-state index contributed by atoms with van der Waals surface area (Å²) in [5.74, 6) is 0.878. The van der Waals surface area contributed by atoms with Crippen LogP contribution in [0.3, 0.4) is 0 Å². The average molecular weight is 435 g/mol. The van der Waals surface area contributed by atoms with E-state index in [1.165, 1.54) is 0 Å². The lowest BCUT2D eigenvalue weighted by Crippen LogP contribution is -2.40. The Bertz CT molecular complexity index is 932. The van der Waals surface area contributed by atoms with Gasteiger partial charge in [0.2, 0.25) is 15.9 Å². The van der Waals surface area contributed by atoms with Gasteiger partial charge in [-0.15, -0.1) is 0 Å². The third kappa shape index (κ3) is 7.03. The summed E-state index contributed by atoms with van der Waals surface area (Å²) in [5, 5.41) is 2.86. The minimum Gasteiger partial charge on any atom is -0.490 e. The molecule has 1 amide bonds. The molecule has 7 nitrogen and oxygen atoms in total. The topological polar surface area (TPSA) is 84.9 Å². The van der Waals surface area contributed by atoms with Crippen LogP contribution < -0.4 is 14.8 Å². The smallest absolute Gasteiger partial charge is 0.235 e. The molecule has 30 heavy (non-hydrogen) atoms. The molecule has 0 unspecified atom stereocenters. The number of carbonyl (C=O) groups excluding carboxylic acids is 1. The Morgan fingerprint density at radius 3 is 2.27 bits per heavy atom. The molecule has 0 saturated carbocycles. The van der Waals surface area contributed by atoms with Crippen molar-refractivity contribution in [2.24, 2.45) is 0 Å². The predicted molar refractivity (Wildman–Crippen MR) is 117 cm³/mol. The van der Waals surface area contributed by atoms with Crippen LogP contribution in [0.15, 0.2) is 48.5 Å². The van der Waals surface area contributed by atoms with Crippen LogP contribution in [0.2, 0.25) is 0 Å². The molecule has 8 heteroatoms. The number of benzene rings is 2. The summed E-state index contributed by atoms with van der Waals surface area (Å²) in [4.78, 5) is 12.6. The van der Waals surface area contributed by atoms with Gasteiger partial charge in [-0.05, 0) is 44.0 Å². The van der Waals surface area contributed by atoms with Crippen LogP contribution in [-0.4, -0.2) is 44.6 Å². The minimum atomic E-state index is -3.55. The van der Waals surface area contributed by atoms with Crippen LogP contribution in [0.4, 0.5) is 0 Å². The van der Waals surface area contributed by atoms with E-state index in [0.717, 1.165) is 21.7 Å². The molecule has 0 fully saturated rings. The van der Waals surface area contributed by atoms with Gasteiger partial charge in [-0.3, -0.25) is 4.79 Å². The van der Waals surface area contributed by atoms with Crippen molar-refractivity contribution in [3.05, 3.63) is 59.7 Å². The molecule has 0 aliphatic heterocycles. The first-order valence-electron chi connectivity index (χ1n) is 9.92. The number of sulfonamides is 1. The molecule has 0 aliphatic rings. The lowest BCUT2D eigenvalue weighted by Gasteiger charge is -2.22. The Morgan fingerprint density at radius 2 is 1.67 bits per heavy atom. The molecular formula is C22H30N2O5S. The van der Waals surface area contributed by atoms with Gasteiger partial charge in [0, 0.05) is 6.54 Å². The Kier molecular flexibility index (Phi) is 8.68. The molecule has 164 valence electrons. The van der Waals surface area contributed by atoms with Crippen molar-refractivity contribution in [2.45, 2.75) is 33.4 Å². The van der Waals surface area contributed by atoms with E-state index in [4.69, 9.17) is 9.47 Å². The number of amides is 1. The standard InChI is InChI=1S/C22H30N2O5S/c1-5-28-20-13-12-19(14-21(20)29-6-2)17(3)23-22(25)16-24(30(4,26)27)15-18-10-8-7-9-11-18/h7-14,17H,5-6,15-16H2,1-4H3,(H,23,25)/t17-/m0/s1. The van der Waals surface area contributed by atoms with E-state index in [2.05, 4.69) is 5.32 Å². The van der Waals surface area contributed by atoms with E-state index in [-0.39, 0.29) is 25.0 Å². The van der Waals surface area contributed by atoms with Crippen LogP contribution >= 0.6 is 0 Å². The molecule has 2 rings (SSSR count). The van der Waals surface area contributed by atoms with E-state index < -0.39 is 10.0 Å². The fourth-order valence-electron chi connectivity index (χ4n) is 2.95. The van der Waals surface area contributed by atoms with Crippen molar-refractivity contribution >= 4 is 15.9 Å². The summed E-state index contributed by atoms with van der Waals surface area (Å²) >= 11 is 0. The van der Waals surface area contributed by atoms with Crippen molar-refractivity contribution in [2.75, 3.05) is 26.0 Å². The fraction of sp³-hybridized carbons (Fsp3) is 0.409. The third-order valence-corrected chi connectivity index (χ3v) is 5.63. The van der Waals surface area contributed by atoms with Gasteiger partial charge >= 0.3 is 0 Å². The third-order valence-electron chi connectivity index (χ3n) is 4.44. The van der Waals surface area contributed by atoms with E-state index in [1.807, 2.05) is 69.3 Å². The van der Waals surface area contributed by atoms with Crippen LogP contribution in [-0.2, 0) is 21.4 Å². The van der Waals surface area contributed by atoms with E-state index >= 15 is 0 Å².